The lowest BCUT2D eigenvalue weighted by atomic mass is 10.1. The van der Waals surface area contributed by atoms with Gasteiger partial charge in [-0.15, -0.1) is 0 Å². The monoisotopic (exact) mass is 257 g/mol. The third kappa shape index (κ3) is 2.24. The minimum absolute atomic E-state index is 0.146. The largest absolute Gasteiger partial charge is 0.360 e. The molecule has 1 aliphatic rings. The third-order valence-corrected chi connectivity index (χ3v) is 3.93. The Morgan fingerprint density at radius 2 is 1.95 bits per heavy atom. The number of carbonyl (C=O) groups excluding carboxylic acids is 1. The predicted octanol–water partition coefficient (Wildman–Crippen LogP) is 1.95. The molecular formula is C15H19N3O. The molecule has 1 aromatic heterocycles. The number of nitrogens with one attached hydrogen (secondary N) is 1. The van der Waals surface area contributed by atoms with Crippen LogP contribution in [-0.4, -0.2) is 53.4 Å². The van der Waals surface area contributed by atoms with E-state index in [0.717, 1.165) is 49.2 Å². The van der Waals surface area contributed by atoms with Crippen molar-refractivity contribution in [1.29, 1.82) is 0 Å². The molecule has 0 aliphatic carbocycles. The second-order valence-corrected chi connectivity index (χ2v) is 4.97. The molecule has 1 amide bonds. The van der Waals surface area contributed by atoms with Crippen LogP contribution in [0.25, 0.3) is 10.9 Å². The molecule has 1 aromatic carbocycles. The van der Waals surface area contributed by atoms with Gasteiger partial charge < -0.3 is 14.8 Å². The molecule has 4 nitrogen and oxygen atoms in total. The van der Waals surface area contributed by atoms with Crippen molar-refractivity contribution in [3.8, 4) is 0 Å². The maximum absolute atomic E-state index is 12.6. The first kappa shape index (κ1) is 12.2. The number of hydrogen-bond donors (Lipinski definition) is 1. The van der Waals surface area contributed by atoms with E-state index in [1.54, 1.807) is 0 Å². The second kappa shape index (κ2) is 5.05. The smallest absolute Gasteiger partial charge is 0.256 e. The van der Waals surface area contributed by atoms with Crippen molar-refractivity contribution in [2.24, 2.45) is 0 Å². The van der Waals surface area contributed by atoms with Crippen LogP contribution in [0.2, 0.25) is 0 Å². The summed E-state index contributed by atoms with van der Waals surface area (Å²) in [4.78, 5) is 20.1. The molecule has 0 spiro atoms. The number of benzene rings is 1. The van der Waals surface area contributed by atoms with E-state index in [-0.39, 0.29) is 5.91 Å². The van der Waals surface area contributed by atoms with Gasteiger partial charge in [-0.3, -0.25) is 4.79 Å². The van der Waals surface area contributed by atoms with Crippen molar-refractivity contribution in [3.05, 3.63) is 36.0 Å². The van der Waals surface area contributed by atoms with Crippen molar-refractivity contribution < 1.29 is 4.79 Å². The first-order chi connectivity index (χ1) is 9.29. The highest BCUT2D eigenvalue weighted by atomic mass is 16.2. The fraction of sp³-hybridized carbons (Fsp3) is 0.400. The highest BCUT2D eigenvalue weighted by Crippen LogP contribution is 2.19. The number of piperazine rings is 1. The molecular weight excluding hydrogens is 238 g/mol. The van der Waals surface area contributed by atoms with Gasteiger partial charge in [0.15, 0.2) is 0 Å². The van der Waals surface area contributed by atoms with Crippen LogP contribution in [0.4, 0.5) is 0 Å². The van der Waals surface area contributed by atoms with E-state index in [4.69, 9.17) is 0 Å². The van der Waals surface area contributed by atoms with E-state index in [1.807, 2.05) is 35.4 Å². The topological polar surface area (TPSA) is 39.3 Å². The Hall–Kier alpha value is -1.81. The standard InChI is InChI=1S/C15H19N3O/c1-2-17-7-9-18(10-8-17)15(19)13-11-16-14-6-4-3-5-12(13)14/h3-6,11,16H,2,7-10H2,1H3. The summed E-state index contributed by atoms with van der Waals surface area (Å²) >= 11 is 0. The van der Waals surface area contributed by atoms with Gasteiger partial charge in [-0.2, -0.15) is 0 Å². The van der Waals surface area contributed by atoms with Crippen LogP contribution in [0.15, 0.2) is 30.5 Å². The van der Waals surface area contributed by atoms with E-state index in [9.17, 15) is 4.79 Å². The Balaban J connectivity index is 1.81. The molecule has 0 unspecified atom stereocenters. The summed E-state index contributed by atoms with van der Waals surface area (Å²) in [6.07, 6.45) is 1.83. The molecule has 19 heavy (non-hydrogen) atoms. The number of para-hydroxylation sites is 1. The Morgan fingerprint density at radius 1 is 1.21 bits per heavy atom. The molecule has 4 heteroatoms. The fourth-order valence-electron chi connectivity index (χ4n) is 2.69. The number of carbonyl (C=O) groups is 1. The summed E-state index contributed by atoms with van der Waals surface area (Å²) in [6, 6.07) is 7.96. The molecule has 100 valence electrons. The molecule has 2 aromatic rings. The van der Waals surface area contributed by atoms with Gasteiger partial charge in [-0.25, -0.2) is 0 Å². The van der Waals surface area contributed by atoms with Crippen LogP contribution < -0.4 is 0 Å². The van der Waals surface area contributed by atoms with Crippen LogP contribution >= 0.6 is 0 Å². The van der Waals surface area contributed by atoms with Gasteiger partial charge in [-0.05, 0) is 12.6 Å². The highest BCUT2D eigenvalue weighted by Gasteiger charge is 2.23. The Morgan fingerprint density at radius 3 is 2.68 bits per heavy atom. The summed E-state index contributed by atoms with van der Waals surface area (Å²) in [6.45, 7) is 6.83. The lowest BCUT2D eigenvalue weighted by Crippen LogP contribution is -2.48. The average molecular weight is 257 g/mol. The first-order valence-electron chi connectivity index (χ1n) is 6.87. The molecule has 1 saturated heterocycles. The van der Waals surface area contributed by atoms with Crippen molar-refractivity contribution in [2.75, 3.05) is 32.7 Å². The minimum atomic E-state index is 0.146. The predicted molar refractivity (Wildman–Crippen MR) is 76.3 cm³/mol. The van der Waals surface area contributed by atoms with E-state index < -0.39 is 0 Å². The Bertz CT molecular complexity index is 582. The van der Waals surface area contributed by atoms with Crippen LogP contribution in [0.3, 0.4) is 0 Å². The number of fused-ring (bicyclic) bond motifs is 1. The lowest BCUT2D eigenvalue weighted by molar-refractivity contribution is 0.0645. The Kier molecular flexibility index (Phi) is 3.25. The quantitative estimate of drug-likeness (QED) is 0.893. The SMILES string of the molecule is CCN1CCN(C(=O)c2c[nH]c3ccccc23)CC1. The second-order valence-electron chi connectivity index (χ2n) is 4.97. The normalized spacial score (nSPS) is 17.0. The van der Waals surface area contributed by atoms with Crippen molar-refractivity contribution >= 4 is 16.8 Å². The van der Waals surface area contributed by atoms with E-state index in [1.165, 1.54) is 0 Å². The van der Waals surface area contributed by atoms with Gasteiger partial charge in [0.1, 0.15) is 0 Å². The summed E-state index contributed by atoms with van der Waals surface area (Å²) < 4.78 is 0. The van der Waals surface area contributed by atoms with Crippen LogP contribution in [0.5, 0.6) is 0 Å². The molecule has 1 fully saturated rings. The fourth-order valence-corrected chi connectivity index (χ4v) is 2.69. The van der Waals surface area contributed by atoms with Gasteiger partial charge in [0.25, 0.3) is 5.91 Å². The summed E-state index contributed by atoms with van der Waals surface area (Å²) in [5.41, 5.74) is 1.82. The van der Waals surface area contributed by atoms with Gasteiger partial charge in [-0.1, -0.05) is 25.1 Å². The number of hydrogen-bond acceptors (Lipinski definition) is 2. The summed E-state index contributed by atoms with van der Waals surface area (Å²) in [7, 11) is 0. The summed E-state index contributed by atoms with van der Waals surface area (Å²) in [5, 5.41) is 1.02. The number of aromatic nitrogens is 1. The van der Waals surface area contributed by atoms with E-state index in [0.29, 0.717) is 0 Å². The molecule has 0 saturated carbocycles. The average Bonchev–Trinajstić information content (AvgIpc) is 2.90. The van der Waals surface area contributed by atoms with Gasteiger partial charge in [0, 0.05) is 43.3 Å². The number of rotatable bonds is 2. The zero-order valence-corrected chi connectivity index (χ0v) is 11.2. The van der Waals surface area contributed by atoms with Crippen LogP contribution in [0.1, 0.15) is 17.3 Å². The highest BCUT2D eigenvalue weighted by molar-refractivity contribution is 6.06. The van der Waals surface area contributed by atoms with Crippen molar-refractivity contribution in [3.63, 3.8) is 0 Å². The Labute approximate surface area is 113 Å². The van der Waals surface area contributed by atoms with Gasteiger partial charge in [0.2, 0.25) is 0 Å². The van der Waals surface area contributed by atoms with Crippen LogP contribution in [0, 0.1) is 0 Å². The number of amides is 1. The van der Waals surface area contributed by atoms with E-state index in [2.05, 4.69) is 16.8 Å². The van der Waals surface area contributed by atoms with Crippen LogP contribution in [-0.2, 0) is 0 Å². The van der Waals surface area contributed by atoms with Gasteiger partial charge >= 0.3 is 0 Å². The number of likely N-dealkylation sites (N-methyl/N-ethyl adjacent to an activating group) is 1. The molecule has 0 bridgehead atoms. The first-order valence-corrected chi connectivity index (χ1v) is 6.87. The number of nitrogens with zero attached hydrogens (tertiary/aromatic N) is 2. The zero-order chi connectivity index (χ0) is 13.2. The molecule has 3 rings (SSSR count). The third-order valence-electron chi connectivity index (χ3n) is 3.93. The maximum Gasteiger partial charge on any atom is 0.256 e. The zero-order valence-electron chi connectivity index (χ0n) is 11.2. The summed E-state index contributed by atoms with van der Waals surface area (Å²) in [5.74, 6) is 0.146. The van der Waals surface area contributed by atoms with Gasteiger partial charge in [0.05, 0.1) is 5.56 Å². The lowest BCUT2D eigenvalue weighted by Gasteiger charge is -2.34. The van der Waals surface area contributed by atoms with E-state index >= 15 is 0 Å². The maximum atomic E-state index is 12.6. The van der Waals surface area contributed by atoms with Crippen molar-refractivity contribution in [1.82, 2.24) is 14.8 Å². The molecule has 1 aliphatic heterocycles. The molecule has 0 radical (unpaired) electrons. The van der Waals surface area contributed by atoms with Crippen molar-refractivity contribution in [2.45, 2.75) is 6.92 Å². The minimum Gasteiger partial charge on any atom is -0.360 e. The molecule has 1 N–H and O–H groups in total. The molecule has 2 heterocycles. The number of aromatic amines is 1. The molecule has 0 atom stereocenters. The number of H-pyrrole nitrogens is 1.